The highest BCUT2D eigenvalue weighted by Gasteiger charge is 2.24. The molecule has 0 aliphatic carbocycles. The van der Waals surface area contributed by atoms with Gasteiger partial charge in [-0.2, -0.15) is 5.21 Å². The van der Waals surface area contributed by atoms with Gasteiger partial charge in [0.1, 0.15) is 18.1 Å². The third-order valence-electron chi connectivity index (χ3n) is 3.93. The topological polar surface area (TPSA) is 141 Å². The van der Waals surface area contributed by atoms with Gasteiger partial charge in [0.25, 0.3) is 5.91 Å². The summed E-state index contributed by atoms with van der Waals surface area (Å²) < 4.78 is 13.9. The van der Waals surface area contributed by atoms with Crippen molar-refractivity contribution in [2.75, 3.05) is 0 Å². The van der Waals surface area contributed by atoms with Crippen LogP contribution in [0.2, 0.25) is 5.02 Å². The van der Waals surface area contributed by atoms with Gasteiger partial charge in [-0.05, 0) is 35.3 Å². The zero-order valence-corrected chi connectivity index (χ0v) is 14.8. The number of hydrogen-bond donors (Lipinski definition) is 4. The van der Waals surface area contributed by atoms with Gasteiger partial charge in [0.15, 0.2) is 0 Å². The Kier molecular flexibility index (Phi) is 5.78. The quantitative estimate of drug-likeness (QED) is 0.335. The van der Waals surface area contributed by atoms with Crippen molar-refractivity contribution in [2.45, 2.75) is 6.04 Å². The smallest absolute Gasteiger partial charge is 0.423 e. The molecule has 0 saturated carbocycles. The monoisotopic (exact) mass is 403 g/mol. The first-order valence-electron chi connectivity index (χ1n) is 7.85. The van der Waals surface area contributed by atoms with Crippen LogP contribution >= 0.6 is 11.6 Å². The van der Waals surface area contributed by atoms with Crippen LogP contribution in [0.15, 0.2) is 36.4 Å². The van der Waals surface area contributed by atoms with Crippen LogP contribution in [-0.2, 0) is 0 Å². The maximum absolute atomic E-state index is 13.9. The number of amides is 1. The Bertz CT molecular complexity index is 1020. The van der Waals surface area contributed by atoms with E-state index in [4.69, 9.17) is 11.6 Å². The number of H-pyrrole nitrogens is 1. The molecule has 1 amide bonds. The molecule has 2 aromatic carbocycles. The maximum atomic E-state index is 13.9. The number of carbonyl (C=O) groups is 2. The first kappa shape index (κ1) is 19.6. The van der Waals surface area contributed by atoms with E-state index in [9.17, 15) is 24.0 Å². The second-order valence-electron chi connectivity index (χ2n) is 5.69. The minimum atomic E-state index is -1.86. The molecular weight excluding hydrogens is 391 g/mol. The van der Waals surface area contributed by atoms with E-state index in [1.54, 1.807) is 0 Å². The van der Waals surface area contributed by atoms with E-state index in [-0.39, 0.29) is 27.4 Å². The maximum Gasteiger partial charge on any atom is 0.489 e. The molecule has 4 N–H and O–H groups in total. The molecule has 0 fully saturated rings. The van der Waals surface area contributed by atoms with Gasteiger partial charge in [0, 0.05) is 11.1 Å². The summed E-state index contributed by atoms with van der Waals surface area (Å²) in [6.45, 7) is 0. The summed E-state index contributed by atoms with van der Waals surface area (Å²) in [5, 5.41) is 34.4. The minimum Gasteiger partial charge on any atom is -0.423 e. The van der Waals surface area contributed by atoms with Crippen LogP contribution in [0.25, 0.3) is 0 Å². The van der Waals surface area contributed by atoms with E-state index < -0.39 is 24.9 Å². The fourth-order valence-corrected chi connectivity index (χ4v) is 2.67. The first-order valence-corrected chi connectivity index (χ1v) is 8.23. The molecule has 1 atom stereocenters. The molecule has 0 bridgehead atoms. The normalized spacial score (nSPS) is 11.7. The van der Waals surface area contributed by atoms with Crippen molar-refractivity contribution in [3.63, 3.8) is 0 Å². The number of aldehydes is 1. The van der Waals surface area contributed by atoms with E-state index in [1.807, 2.05) is 0 Å². The lowest BCUT2D eigenvalue weighted by Gasteiger charge is -2.17. The van der Waals surface area contributed by atoms with Crippen molar-refractivity contribution in [2.24, 2.45) is 0 Å². The standard InChI is InChI=1S/C16H12BClFN5O4/c18-12-4-2-8(6-13(12)19)14(15-21-23-24-22-15)20-16(26)9-1-3-11(17(27)28)10(5-9)7-25/h1-7,14,27-28H,(H,20,26)(H,21,22,23,24). The Hall–Kier alpha value is -3.15. The van der Waals surface area contributed by atoms with E-state index >= 15 is 0 Å². The van der Waals surface area contributed by atoms with Crippen molar-refractivity contribution in [3.8, 4) is 0 Å². The van der Waals surface area contributed by atoms with Crippen LogP contribution in [-0.4, -0.2) is 50.0 Å². The highest BCUT2D eigenvalue weighted by molar-refractivity contribution is 6.60. The van der Waals surface area contributed by atoms with Crippen LogP contribution in [0, 0.1) is 5.82 Å². The Labute approximate surface area is 162 Å². The molecule has 3 rings (SSSR count). The van der Waals surface area contributed by atoms with Crippen molar-refractivity contribution in [1.29, 1.82) is 0 Å². The van der Waals surface area contributed by atoms with E-state index in [0.717, 1.165) is 6.07 Å². The summed E-state index contributed by atoms with van der Waals surface area (Å²) in [4.78, 5) is 23.8. The minimum absolute atomic E-state index is 0.0407. The third-order valence-corrected chi connectivity index (χ3v) is 4.23. The fourth-order valence-electron chi connectivity index (χ4n) is 2.55. The van der Waals surface area contributed by atoms with Crippen molar-refractivity contribution < 1.29 is 24.0 Å². The zero-order valence-electron chi connectivity index (χ0n) is 14.0. The summed E-state index contributed by atoms with van der Waals surface area (Å²) in [6.07, 6.45) is 0.400. The van der Waals surface area contributed by atoms with Crippen LogP contribution in [0.1, 0.15) is 38.1 Å². The Morgan fingerprint density at radius 3 is 2.68 bits per heavy atom. The van der Waals surface area contributed by atoms with Gasteiger partial charge < -0.3 is 15.4 Å². The number of hydrogen-bond acceptors (Lipinski definition) is 7. The van der Waals surface area contributed by atoms with Crippen LogP contribution < -0.4 is 10.8 Å². The molecule has 9 nitrogen and oxygen atoms in total. The van der Waals surface area contributed by atoms with Crippen molar-refractivity contribution >= 4 is 36.4 Å². The molecule has 0 radical (unpaired) electrons. The van der Waals surface area contributed by atoms with Gasteiger partial charge in [-0.1, -0.05) is 28.9 Å². The molecule has 3 aromatic rings. The highest BCUT2D eigenvalue weighted by Crippen LogP contribution is 2.23. The molecule has 28 heavy (non-hydrogen) atoms. The van der Waals surface area contributed by atoms with Crippen molar-refractivity contribution in [3.05, 3.63) is 69.8 Å². The van der Waals surface area contributed by atoms with Crippen LogP contribution in [0.4, 0.5) is 4.39 Å². The lowest BCUT2D eigenvalue weighted by Crippen LogP contribution is -2.34. The summed E-state index contributed by atoms with van der Waals surface area (Å²) in [7, 11) is -1.86. The molecule has 0 aliphatic heterocycles. The molecule has 1 aromatic heterocycles. The number of rotatable bonds is 6. The predicted octanol–water partition coefficient (Wildman–Crippen LogP) is 0.00390. The number of nitrogens with one attached hydrogen (secondary N) is 2. The van der Waals surface area contributed by atoms with E-state index in [1.165, 1.54) is 30.3 Å². The van der Waals surface area contributed by atoms with Gasteiger partial charge in [-0.25, -0.2) is 4.39 Å². The number of halogens is 2. The third kappa shape index (κ3) is 4.06. The molecule has 0 aliphatic rings. The average Bonchev–Trinajstić information content (AvgIpc) is 3.22. The lowest BCUT2D eigenvalue weighted by molar-refractivity contribution is 0.0941. The van der Waals surface area contributed by atoms with Crippen molar-refractivity contribution in [1.82, 2.24) is 25.9 Å². The lowest BCUT2D eigenvalue weighted by atomic mass is 9.77. The van der Waals surface area contributed by atoms with Crippen LogP contribution in [0.3, 0.4) is 0 Å². The highest BCUT2D eigenvalue weighted by atomic mass is 35.5. The second kappa shape index (κ2) is 8.25. The number of carbonyl (C=O) groups excluding carboxylic acids is 2. The van der Waals surface area contributed by atoms with E-state index in [2.05, 4.69) is 25.9 Å². The number of benzene rings is 2. The van der Waals surface area contributed by atoms with Gasteiger partial charge >= 0.3 is 7.12 Å². The van der Waals surface area contributed by atoms with E-state index in [0.29, 0.717) is 11.8 Å². The van der Waals surface area contributed by atoms with Crippen LogP contribution in [0.5, 0.6) is 0 Å². The number of nitrogens with zero attached hydrogens (tertiary/aromatic N) is 3. The number of aromatic nitrogens is 4. The molecule has 1 unspecified atom stereocenters. The summed E-state index contributed by atoms with van der Waals surface area (Å²) in [5.74, 6) is -1.24. The Morgan fingerprint density at radius 2 is 2.07 bits per heavy atom. The summed E-state index contributed by atoms with van der Waals surface area (Å²) >= 11 is 5.70. The molecule has 12 heteroatoms. The SMILES string of the molecule is O=Cc1cc(C(=O)NC(c2ccc(Cl)c(F)c2)c2nn[nH]n2)ccc1B(O)O. The molecule has 0 saturated heterocycles. The summed E-state index contributed by atoms with van der Waals surface area (Å²) in [6, 6.07) is 6.75. The number of aromatic amines is 1. The molecule has 142 valence electrons. The Morgan fingerprint density at radius 1 is 1.29 bits per heavy atom. The zero-order chi connectivity index (χ0) is 20.3. The fraction of sp³-hybridized carbons (Fsp3) is 0.0625. The average molecular weight is 404 g/mol. The van der Waals surface area contributed by atoms with Gasteiger partial charge in [0.2, 0.25) is 5.82 Å². The van der Waals surface area contributed by atoms with Gasteiger partial charge in [-0.15, -0.1) is 10.2 Å². The molecule has 1 heterocycles. The number of tetrazole rings is 1. The van der Waals surface area contributed by atoms with Gasteiger partial charge in [0.05, 0.1) is 5.02 Å². The first-order chi connectivity index (χ1) is 13.4. The second-order valence-corrected chi connectivity index (χ2v) is 6.09. The predicted molar refractivity (Wildman–Crippen MR) is 96.6 cm³/mol. The summed E-state index contributed by atoms with van der Waals surface area (Å²) in [5.41, 5.74) is 0.279. The molecular formula is C16H12BClFN5O4. The van der Waals surface area contributed by atoms with Gasteiger partial charge in [-0.3, -0.25) is 9.59 Å². The Balaban J connectivity index is 1.94. The largest absolute Gasteiger partial charge is 0.489 e. The molecule has 0 spiro atoms.